The second-order valence-electron chi connectivity index (χ2n) is 4.77. The smallest absolute Gasteiger partial charge is 0.211 e. The number of carbonyl (C=O) groups excluding carboxylic acids is 1. The Morgan fingerprint density at radius 3 is 2.74 bits per heavy atom. The molecule has 19 heavy (non-hydrogen) atoms. The number of benzene rings is 1. The topological polar surface area (TPSA) is 34.9 Å². The van der Waals surface area contributed by atoms with Gasteiger partial charge in [0.15, 0.2) is 0 Å². The highest BCUT2D eigenvalue weighted by molar-refractivity contribution is 6.08. The first-order chi connectivity index (χ1) is 9.15. The third-order valence-electron chi connectivity index (χ3n) is 3.16. The molecule has 1 aromatic carbocycles. The molecule has 0 aliphatic carbocycles. The minimum absolute atomic E-state index is 0.0559. The molecule has 0 aliphatic heterocycles. The van der Waals surface area contributed by atoms with Crippen molar-refractivity contribution >= 4 is 5.78 Å². The number of rotatable bonds is 5. The van der Waals surface area contributed by atoms with Crippen LogP contribution >= 0.6 is 0 Å². The van der Waals surface area contributed by atoms with Crippen LogP contribution < -0.4 is 0 Å². The molecule has 0 bridgehead atoms. The summed E-state index contributed by atoms with van der Waals surface area (Å²) < 4.78 is 1.77. The molecule has 3 heteroatoms. The van der Waals surface area contributed by atoms with Gasteiger partial charge in [-0.1, -0.05) is 31.5 Å². The molecule has 0 saturated heterocycles. The van der Waals surface area contributed by atoms with E-state index in [2.05, 4.69) is 18.1 Å². The lowest BCUT2D eigenvalue weighted by atomic mass is 10.0. The monoisotopic (exact) mass is 256 g/mol. The van der Waals surface area contributed by atoms with E-state index in [-0.39, 0.29) is 5.78 Å². The fourth-order valence-electron chi connectivity index (χ4n) is 2.27. The first-order valence-corrected chi connectivity index (χ1v) is 6.83. The Bertz CT molecular complexity index is 584. The minimum atomic E-state index is 0.0559. The molecule has 1 heterocycles. The SMILES string of the molecule is CCCc1cccc(C(=O)c2cc(C)nn2CC)c1. The van der Waals surface area contributed by atoms with Crippen LogP contribution in [0, 0.1) is 6.92 Å². The Kier molecular flexibility index (Phi) is 4.15. The molecule has 0 amide bonds. The van der Waals surface area contributed by atoms with Crippen LogP contribution in [0.5, 0.6) is 0 Å². The van der Waals surface area contributed by atoms with E-state index in [1.165, 1.54) is 5.56 Å². The van der Waals surface area contributed by atoms with Crippen molar-refractivity contribution in [1.82, 2.24) is 9.78 Å². The van der Waals surface area contributed by atoms with Crippen molar-refractivity contribution < 1.29 is 4.79 Å². The van der Waals surface area contributed by atoms with Gasteiger partial charge >= 0.3 is 0 Å². The molecule has 0 unspecified atom stereocenters. The number of carbonyl (C=O) groups is 1. The summed E-state index contributed by atoms with van der Waals surface area (Å²) in [5, 5.41) is 4.33. The van der Waals surface area contributed by atoms with Crippen LogP contribution in [0.1, 0.15) is 47.6 Å². The average Bonchev–Trinajstić information content (AvgIpc) is 2.80. The van der Waals surface area contributed by atoms with Crippen LogP contribution in [0.15, 0.2) is 30.3 Å². The molecule has 0 fully saturated rings. The number of hydrogen-bond acceptors (Lipinski definition) is 2. The van der Waals surface area contributed by atoms with Gasteiger partial charge in [0.1, 0.15) is 5.69 Å². The maximum absolute atomic E-state index is 12.5. The fourth-order valence-corrected chi connectivity index (χ4v) is 2.27. The summed E-state index contributed by atoms with van der Waals surface area (Å²) in [6, 6.07) is 9.76. The van der Waals surface area contributed by atoms with E-state index in [4.69, 9.17) is 0 Å². The van der Waals surface area contributed by atoms with Crippen LogP contribution in [0.2, 0.25) is 0 Å². The number of aryl methyl sites for hydroxylation is 3. The van der Waals surface area contributed by atoms with E-state index in [0.717, 1.165) is 24.1 Å². The van der Waals surface area contributed by atoms with Crippen molar-refractivity contribution in [3.8, 4) is 0 Å². The lowest BCUT2D eigenvalue weighted by Crippen LogP contribution is -2.10. The zero-order chi connectivity index (χ0) is 13.8. The summed E-state index contributed by atoms with van der Waals surface area (Å²) in [6.07, 6.45) is 2.09. The first-order valence-electron chi connectivity index (χ1n) is 6.83. The zero-order valence-electron chi connectivity index (χ0n) is 11.8. The summed E-state index contributed by atoms with van der Waals surface area (Å²) in [7, 11) is 0. The van der Waals surface area contributed by atoms with E-state index in [1.54, 1.807) is 4.68 Å². The Hall–Kier alpha value is -1.90. The summed E-state index contributed by atoms with van der Waals surface area (Å²) in [4.78, 5) is 12.5. The van der Waals surface area contributed by atoms with E-state index in [9.17, 15) is 4.79 Å². The van der Waals surface area contributed by atoms with Crippen LogP contribution in [-0.4, -0.2) is 15.6 Å². The normalized spacial score (nSPS) is 10.7. The maximum Gasteiger partial charge on any atom is 0.211 e. The van der Waals surface area contributed by atoms with Gasteiger partial charge in [-0.15, -0.1) is 0 Å². The summed E-state index contributed by atoms with van der Waals surface area (Å²) in [5.41, 5.74) is 3.52. The third-order valence-corrected chi connectivity index (χ3v) is 3.16. The van der Waals surface area contributed by atoms with Crippen molar-refractivity contribution in [3.05, 3.63) is 52.8 Å². The van der Waals surface area contributed by atoms with E-state index in [0.29, 0.717) is 12.2 Å². The van der Waals surface area contributed by atoms with Gasteiger partial charge in [0.2, 0.25) is 5.78 Å². The van der Waals surface area contributed by atoms with Crippen LogP contribution in [0.3, 0.4) is 0 Å². The molecule has 1 aromatic heterocycles. The number of nitrogens with zero attached hydrogens (tertiary/aromatic N) is 2. The van der Waals surface area contributed by atoms with Crippen molar-refractivity contribution in [1.29, 1.82) is 0 Å². The van der Waals surface area contributed by atoms with Gasteiger partial charge in [-0.2, -0.15) is 5.10 Å². The molecule has 0 spiro atoms. The van der Waals surface area contributed by atoms with Crippen molar-refractivity contribution in [2.45, 2.75) is 40.2 Å². The molecular weight excluding hydrogens is 236 g/mol. The van der Waals surface area contributed by atoms with Crippen LogP contribution in [0.4, 0.5) is 0 Å². The fraction of sp³-hybridized carbons (Fsp3) is 0.375. The molecule has 2 rings (SSSR count). The highest BCUT2D eigenvalue weighted by Crippen LogP contribution is 2.14. The van der Waals surface area contributed by atoms with Gasteiger partial charge in [0.25, 0.3) is 0 Å². The highest BCUT2D eigenvalue weighted by Gasteiger charge is 2.15. The van der Waals surface area contributed by atoms with Crippen molar-refractivity contribution in [2.24, 2.45) is 0 Å². The predicted octanol–water partition coefficient (Wildman–Crippen LogP) is 3.39. The lowest BCUT2D eigenvalue weighted by molar-refractivity contribution is 0.102. The number of aromatic nitrogens is 2. The second-order valence-corrected chi connectivity index (χ2v) is 4.77. The van der Waals surface area contributed by atoms with E-state index in [1.807, 2.05) is 38.1 Å². The molecular formula is C16H20N2O. The maximum atomic E-state index is 12.5. The van der Waals surface area contributed by atoms with E-state index < -0.39 is 0 Å². The standard InChI is InChI=1S/C16H20N2O/c1-4-7-13-8-6-9-14(11-13)16(19)15-10-12(3)17-18(15)5-2/h6,8-11H,4-5,7H2,1-3H3. The van der Waals surface area contributed by atoms with E-state index >= 15 is 0 Å². The second kappa shape index (κ2) is 5.83. The Morgan fingerprint density at radius 2 is 2.05 bits per heavy atom. The molecule has 2 aromatic rings. The van der Waals surface area contributed by atoms with Gasteiger partial charge < -0.3 is 0 Å². The van der Waals surface area contributed by atoms with Crippen molar-refractivity contribution in [2.75, 3.05) is 0 Å². The molecule has 0 atom stereocenters. The number of ketones is 1. The molecule has 0 radical (unpaired) electrons. The largest absolute Gasteiger partial charge is 0.287 e. The van der Waals surface area contributed by atoms with Gasteiger partial charge in [-0.3, -0.25) is 9.48 Å². The van der Waals surface area contributed by atoms with Crippen molar-refractivity contribution in [3.63, 3.8) is 0 Å². The summed E-state index contributed by atoms with van der Waals surface area (Å²) in [5.74, 6) is 0.0559. The summed E-state index contributed by atoms with van der Waals surface area (Å²) in [6.45, 7) is 6.76. The third kappa shape index (κ3) is 2.92. The van der Waals surface area contributed by atoms with Crippen LogP contribution in [-0.2, 0) is 13.0 Å². The van der Waals surface area contributed by atoms with Gasteiger partial charge in [0.05, 0.1) is 5.69 Å². The van der Waals surface area contributed by atoms with Gasteiger partial charge in [-0.25, -0.2) is 0 Å². The Balaban J connectivity index is 2.35. The Morgan fingerprint density at radius 1 is 1.26 bits per heavy atom. The molecule has 0 N–H and O–H groups in total. The first kappa shape index (κ1) is 13.5. The van der Waals surface area contributed by atoms with Crippen LogP contribution in [0.25, 0.3) is 0 Å². The molecule has 0 saturated carbocycles. The summed E-state index contributed by atoms with van der Waals surface area (Å²) >= 11 is 0. The predicted molar refractivity (Wildman–Crippen MR) is 76.5 cm³/mol. The van der Waals surface area contributed by atoms with Gasteiger partial charge in [0, 0.05) is 12.1 Å². The van der Waals surface area contributed by atoms with Gasteiger partial charge in [-0.05, 0) is 38.0 Å². The molecule has 0 aliphatic rings. The quantitative estimate of drug-likeness (QED) is 0.768. The highest BCUT2D eigenvalue weighted by atomic mass is 16.1. The molecule has 100 valence electrons. The minimum Gasteiger partial charge on any atom is -0.287 e. The Labute approximate surface area is 114 Å². The molecule has 3 nitrogen and oxygen atoms in total. The lowest BCUT2D eigenvalue weighted by Gasteiger charge is -2.05. The average molecular weight is 256 g/mol. The zero-order valence-corrected chi connectivity index (χ0v) is 11.8. The number of hydrogen-bond donors (Lipinski definition) is 0.